The van der Waals surface area contributed by atoms with Crippen LogP contribution < -0.4 is 11.1 Å². The minimum atomic E-state index is -0.738. The fraction of sp³-hybridized carbons (Fsp3) is 0.857. The Morgan fingerprint density at radius 2 is 1.70 bits per heavy atom. The molecule has 6 nitrogen and oxygen atoms in total. The molecule has 0 rings (SSSR count). The summed E-state index contributed by atoms with van der Waals surface area (Å²) in [6.07, 6.45) is 0.157. The molecule has 0 aliphatic heterocycles. The Morgan fingerprint density at radius 3 is 2.10 bits per heavy atom. The molecule has 0 saturated carbocycles. The van der Waals surface area contributed by atoms with Gasteiger partial charge in [-0.1, -0.05) is 0 Å². The molecule has 3 N–H and O–H groups in total. The van der Waals surface area contributed by atoms with E-state index < -0.39 is 23.7 Å². The van der Waals surface area contributed by atoms with Crippen LogP contribution in [0.1, 0.15) is 54.4 Å². The minimum Gasteiger partial charge on any atom is -0.461 e. The highest BCUT2D eigenvalue weighted by Crippen LogP contribution is 2.09. The predicted octanol–water partition coefficient (Wildman–Crippen LogP) is 1.96. The molecule has 0 aromatic carbocycles. The first-order chi connectivity index (χ1) is 9.01. The lowest BCUT2D eigenvalue weighted by atomic mass is 10.1. The Hall–Kier alpha value is -1.30. The van der Waals surface area contributed by atoms with Crippen LogP contribution >= 0.6 is 0 Å². The third kappa shape index (κ3) is 9.61. The van der Waals surface area contributed by atoms with Crippen molar-refractivity contribution in [2.75, 3.05) is 0 Å². The lowest BCUT2D eigenvalue weighted by Crippen LogP contribution is -2.45. The first kappa shape index (κ1) is 18.7. The van der Waals surface area contributed by atoms with Gasteiger partial charge in [0.05, 0.1) is 6.10 Å². The van der Waals surface area contributed by atoms with E-state index in [1.165, 1.54) is 0 Å². The topological polar surface area (TPSA) is 90.6 Å². The zero-order valence-corrected chi connectivity index (χ0v) is 13.4. The number of amides is 1. The number of carbonyl (C=O) groups excluding carboxylic acids is 2. The molecule has 2 atom stereocenters. The van der Waals surface area contributed by atoms with Crippen molar-refractivity contribution in [3.05, 3.63) is 0 Å². The van der Waals surface area contributed by atoms with E-state index >= 15 is 0 Å². The first-order valence-electron chi connectivity index (χ1n) is 6.97. The van der Waals surface area contributed by atoms with Gasteiger partial charge in [0.2, 0.25) is 0 Å². The summed E-state index contributed by atoms with van der Waals surface area (Å²) in [5, 5.41) is 2.54. The van der Waals surface area contributed by atoms with Crippen LogP contribution in [-0.2, 0) is 14.3 Å². The zero-order chi connectivity index (χ0) is 15.9. The summed E-state index contributed by atoms with van der Waals surface area (Å²) in [5.41, 5.74) is 5.07. The molecule has 1 amide bonds. The van der Waals surface area contributed by atoms with Crippen LogP contribution in [0.25, 0.3) is 0 Å². The van der Waals surface area contributed by atoms with Crippen LogP contribution in [-0.4, -0.2) is 35.9 Å². The van der Waals surface area contributed by atoms with E-state index in [9.17, 15) is 9.59 Å². The van der Waals surface area contributed by atoms with E-state index in [1.54, 1.807) is 34.6 Å². The maximum atomic E-state index is 11.9. The summed E-state index contributed by atoms with van der Waals surface area (Å²) >= 11 is 0. The van der Waals surface area contributed by atoms with Crippen LogP contribution in [0.2, 0.25) is 0 Å². The SMILES string of the molecule is CC(C)OC(=O)[C@@H](CC[C@H](C)N)NC(=O)OC(C)(C)C. The molecule has 0 heterocycles. The van der Waals surface area contributed by atoms with Gasteiger partial charge in [-0.2, -0.15) is 0 Å². The fourth-order valence-electron chi connectivity index (χ4n) is 1.44. The number of esters is 1. The summed E-state index contributed by atoms with van der Waals surface area (Å²) in [6, 6.07) is -0.789. The Balaban J connectivity index is 4.59. The number of rotatable bonds is 6. The molecule has 0 aliphatic rings. The van der Waals surface area contributed by atoms with Gasteiger partial charge < -0.3 is 20.5 Å². The van der Waals surface area contributed by atoms with Gasteiger partial charge in [-0.25, -0.2) is 9.59 Å². The van der Waals surface area contributed by atoms with Gasteiger partial charge in [0.1, 0.15) is 11.6 Å². The molecule has 118 valence electrons. The monoisotopic (exact) mass is 288 g/mol. The fourth-order valence-corrected chi connectivity index (χ4v) is 1.44. The van der Waals surface area contributed by atoms with E-state index in [-0.39, 0.29) is 12.1 Å². The van der Waals surface area contributed by atoms with Crippen LogP contribution in [0.3, 0.4) is 0 Å². The zero-order valence-electron chi connectivity index (χ0n) is 13.4. The van der Waals surface area contributed by atoms with Gasteiger partial charge in [0.25, 0.3) is 0 Å². The maximum Gasteiger partial charge on any atom is 0.408 e. The number of hydrogen-bond donors (Lipinski definition) is 2. The van der Waals surface area contributed by atoms with E-state index in [0.717, 1.165) is 0 Å². The molecule has 0 aliphatic carbocycles. The van der Waals surface area contributed by atoms with Gasteiger partial charge in [0.15, 0.2) is 0 Å². The van der Waals surface area contributed by atoms with Crippen molar-refractivity contribution in [3.8, 4) is 0 Å². The molecule has 20 heavy (non-hydrogen) atoms. The molecular weight excluding hydrogens is 260 g/mol. The molecule has 0 aromatic heterocycles. The average molecular weight is 288 g/mol. The highest BCUT2D eigenvalue weighted by atomic mass is 16.6. The number of alkyl carbamates (subject to hydrolysis) is 1. The molecule has 6 heteroatoms. The van der Waals surface area contributed by atoms with Gasteiger partial charge in [-0.05, 0) is 54.4 Å². The molecule has 0 bridgehead atoms. The van der Waals surface area contributed by atoms with Crippen LogP contribution in [0.4, 0.5) is 4.79 Å². The third-order valence-electron chi connectivity index (χ3n) is 2.24. The third-order valence-corrected chi connectivity index (χ3v) is 2.24. The van der Waals surface area contributed by atoms with Crippen molar-refractivity contribution >= 4 is 12.1 Å². The summed E-state index contributed by atoms with van der Waals surface area (Å²) in [7, 11) is 0. The van der Waals surface area contributed by atoms with Crippen molar-refractivity contribution in [3.63, 3.8) is 0 Å². The predicted molar refractivity (Wildman–Crippen MR) is 77.3 cm³/mol. The number of nitrogens with two attached hydrogens (primary N) is 1. The van der Waals surface area contributed by atoms with E-state index in [1.807, 2.05) is 6.92 Å². The highest BCUT2D eigenvalue weighted by molar-refractivity contribution is 5.81. The van der Waals surface area contributed by atoms with Gasteiger partial charge in [0, 0.05) is 6.04 Å². The Kier molecular flexibility index (Phi) is 7.57. The lowest BCUT2D eigenvalue weighted by molar-refractivity contribution is -0.150. The second-order valence-corrected chi connectivity index (χ2v) is 6.24. The smallest absolute Gasteiger partial charge is 0.408 e. The maximum absolute atomic E-state index is 11.9. The summed E-state index contributed by atoms with van der Waals surface area (Å²) in [5.74, 6) is -0.466. The van der Waals surface area contributed by atoms with Crippen LogP contribution in [0.15, 0.2) is 0 Å². The average Bonchev–Trinajstić information content (AvgIpc) is 2.19. The molecule has 0 radical (unpaired) electrons. The Bertz CT molecular complexity index is 322. The summed E-state index contributed by atoms with van der Waals surface area (Å²) in [6.45, 7) is 10.6. The van der Waals surface area contributed by atoms with Crippen molar-refractivity contribution in [2.24, 2.45) is 5.73 Å². The van der Waals surface area contributed by atoms with Crippen LogP contribution in [0, 0.1) is 0 Å². The van der Waals surface area contributed by atoms with Crippen molar-refractivity contribution in [1.29, 1.82) is 0 Å². The lowest BCUT2D eigenvalue weighted by Gasteiger charge is -2.23. The van der Waals surface area contributed by atoms with Gasteiger partial charge in [-0.3, -0.25) is 0 Å². The second-order valence-electron chi connectivity index (χ2n) is 6.24. The minimum absolute atomic E-state index is 0.0511. The van der Waals surface area contributed by atoms with Gasteiger partial charge in [-0.15, -0.1) is 0 Å². The van der Waals surface area contributed by atoms with E-state index in [0.29, 0.717) is 12.8 Å². The van der Waals surface area contributed by atoms with E-state index in [2.05, 4.69) is 5.32 Å². The molecule has 0 aromatic rings. The first-order valence-corrected chi connectivity index (χ1v) is 6.97. The molecule has 0 saturated heterocycles. The van der Waals surface area contributed by atoms with Crippen LogP contribution in [0.5, 0.6) is 0 Å². The molecule has 0 fully saturated rings. The number of nitrogens with one attached hydrogen (secondary N) is 1. The van der Waals surface area contributed by atoms with Gasteiger partial charge >= 0.3 is 12.1 Å². The van der Waals surface area contributed by atoms with Crippen molar-refractivity contribution < 1.29 is 19.1 Å². The second kappa shape index (κ2) is 8.09. The quantitative estimate of drug-likeness (QED) is 0.729. The molecule has 0 unspecified atom stereocenters. The summed E-state index contributed by atoms with van der Waals surface area (Å²) < 4.78 is 10.3. The Morgan fingerprint density at radius 1 is 1.15 bits per heavy atom. The Labute approximate surface area is 121 Å². The van der Waals surface area contributed by atoms with Crippen molar-refractivity contribution in [2.45, 2.75) is 78.2 Å². The number of ether oxygens (including phenoxy) is 2. The molecule has 0 spiro atoms. The largest absolute Gasteiger partial charge is 0.461 e. The normalized spacial score (nSPS) is 14.6. The summed E-state index contributed by atoms with van der Waals surface area (Å²) in [4.78, 5) is 23.7. The standard InChI is InChI=1S/C14H28N2O4/c1-9(2)19-12(17)11(8-7-10(3)15)16-13(18)20-14(4,5)6/h9-11H,7-8,15H2,1-6H3,(H,16,18)/t10-,11+/m0/s1. The van der Waals surface area contributed by atoms with Crippen molar-refractivity contribution in [1.82, 2.24) is 5.32 Å². The molecular formula is C14H28N2O4. The highest BCUT2D eigenvalue weighted by Gasteiger charge is 2.26. The van der Waals surface area contributed by atoms with E-state index in [4.69, 9.17) is 15.2 Å². The number of carbonyl (C=O) groups is 2. The number of hydrogen-bond acceptors (Lipinski definition) is 5.